The molecule has 1 atom stereocenters. The molecule has 2 rings (SSSR count). The fourth-order valence-electron chi connectivity index (χ4n) is 1.83. The molecule has 15 heavy (non-hydrogen) atoms. The molecule has 1 unspecified atom stereocenters. The minimum Gasteiger partial charge on any atom is -0.311 e. The standard InChI is InChI=1S/C11H13IN2O/c1-13-10-6-7-14(11(10)15)9-4-2-8(12)3-5-9/h2-5,10,13H,6-7H2,1H3. The molecule has 0 saturated carbocycles. The van der Waals surface area contributed by atoms with Gasteiger partial charge >= 0.3 is 0 Å². The van der Waals surface area contributed by atoms with Gasteiger partial charge < -0.3 is 10.2 Å². The van der Waals surface area contributed by atoms with Crippen LogP contribution in [0.3, 0.4) is 0 Å². The summed E-state index contributed by atoms with van der Waals surface area (Å²) in [6, 6.07) is 8.03. The summed E-state index contributed by atoms with van der Waals surface area (Å²) in [4.78, 5) is 13.7. The SMILES string of the molecule is CNC1CCN(c2ccc(I)cc2)C1=O. The zero-order chi connectivity index (χ0) is 10.8. The molecule has 4 heteroatoms. The van der Waals surface area contributed by atoms with Crippen LogP contribution in [-0.4, -0.2) is 25.5 Å². The molecule has 1 N–H and O–H groups in total. The van der Waals surface area contributed by atoms with Gasteiger partial charge in [0.15, 0.2) is 0 Å². The van der Waals surface area contributed by atoms with E-state index in [1.165, 1.54) is 3.57 Å². The van der Waals surface area contributed by atoms with Gasteiger partial charge in [0, 0.05) is 15.8 Å². The van der Waals surface area contributed by atoms with Gasteiger partial charge in [-0.2, -0.15) is 0 Å². The lowest BCUT2D eigenvalue weighted by atomic mass is 10.2. The second kappa shape index (κ2) is 4.49. The van der Waals surface area contributed by atoms with Crippen LogP contribution in [0.25, 0.3) is 0 Å². The third-order valence-corrected chi connectivity index (χ3v) is 3.41. The molecule has 1 heterocycles. The van der Waals surface area contributed by atoms with Crippen molar-refractivity contribution in [2.45, 2.75) is 12.5 Å². The summed E-state index contributed by atoms with van der Waals surface area (Å²) in [6.45, 7) is 0.810. The largest absolute Gasteiger partial charge is 0.311 e. The van der Waals surface area contributed by atoms with Crippen LogP contribution in [0.4, 0.5) is 5.69 Å². The van der Waals surface area contributed by atoms with Gasteiger partial charge in [-0.3, -0.25) is 4.79 Å². The Hall–Kier alpha value is -0.620. The number of carbonyl (C=O) groups is 1. The van der Waals surface area contributed by atoms with Crippen LogP contribution in [0, 0.1) is 3.57 Å². The lowest BCUT2D eigenvalue weighted by molar-refractivity contribution is -0.118. The Morgan fingerprint density at radius 3 is 2.60 bits per heavy atom. The zero-order valence-electron chi connectivity index (χ0n) is 8.53. The molecule has 0 bridgehead atoms. The molecule has 1 aliphatic heterocycles. The molecule has 0 aromatic heterocycles. The first-order chi connectivity index (χ1) is 7.22. The van der Waals surface area contributed by atoms with Crippen molar-refractivity contribution in [1.29, 1.82) is 0 Å². The number of anilines is 1. The highest BCUT2D eigenvalue weighted by Crippen LogP contribution is 2.22. The molecular weight excluding hydrogens is 303 g/mol. The van der Waals surface area contributed by atoms with E-state index in [2.05, 4.69) is 27.9 Å². The minimum absolute atomic E-state index is 0.00993. The van der Waals surface area contributed by atoms with Crippen LogP contribution in [0.5, 0.6) is 0 Å². The fraction of sp³-hybridized carbons (Fsp3) is 0.364. The molecule has 80 valence electrons. The number of likely N-dealkylation sites (N-methyl/N-ethyl adjacent to an activating group) is 1. The number of amides is 1. The van der Waals surface area contributed by atoms with E-state index in [1.54, 1.807) is 0 Å². The number of hydrogen-bond donors (Lipinski definition) is 1. The van der Waals surface area contributed by atoms with Gasteiger partial charge in [0.2, 0.25) is 5.91 Å². The molecule has 1 aromatic carbocycles. The Kier molecular flexibility index (Phi) is 3.25. The fourth-order valence-corrected chi connectivity index (χ4v) is 2.18. The summed E-state index contributed by atoms with van der Waals surface area (Å²) in [5.41, 5.74) is 0.998. The van der Waals surface area contributed by atoms with E-state index in [9.17, 15) is 4.79 Å². The van der Waals surface area contributed by atoms with Crippen LogP contribution >= 0.6 is 22.6 Å². The lowest BCUT2D eigenvalue weighted by Crippen LogP contribution is -2.36. The first-order valence-electron chi connectivity index (χ1n) is 4.96. The quantitative estimate of drug-likeness (QED) is 0.841. The number of nitrogens with zero attached hydrogens (tertiary/aromatic N) is 1. The third kappa shape index (κ3) is 2.15. The average Bonchev–Trinajstić information content (AvgIpc) is 2.61. The summed E-state index contributed by atoms with van der Waals surface area (Å²) >= 11 is 2.26. The van der Waals surface area contributed by atoms with Crippen LogP contribution in [0.1, 0.15) is 6.42 Å². The molecule has 1 amide bonds. The summed E-state index contributed by atoms with van der Waals surface area (Å²) in [7, 11) is 1.83. The summed E-state index contributed by atoms with van der Waals surface area (Å²) in [5.74, 6) is 0.179. The monoisotopic (exact) mass is 316 g/mol. The van der Waals surface area contributed by atoms with Gasteiger partial charge in [-0.25, -0.2) is 0 Å². The summed E-state index contributed by atoms with van der Waals surface area (Å²) in [5, 5.41) is 3.03. The van der Waals surface area contributed by atoms with Gasteiger partial charge in [0.1, 0.15) is 0 Å². The number of halogens is 1. The molecule has 0 radical (unpaired) electrons. The third-order valence-electron chi connectivity index (χ3n) is 2.69. The van der Waals surface area contributed by atoms with Gasteiger partial charge in [0.25, 0.3) is 0 Å². The van der Waals surface area contributed by atoms with Crippen molar-refractivity contribution in [3.8, 4) is 0 Å². The predicted molar refractivity (Wildman–Crippen MR) is 69.0 cm³/mol. The van der Waals surface area contributed by atoms with Gasteiger partial charge in [-0.15, -0.1) is 0 Å². The van der Waals surface area contributed by atoms with Crippen molar-refractivity contribution in [2.24, 2.45) is 0 Å². The number of carbonyl (C=O) groups excluding carboxylic acids is 1. The van der Waals surface area contributed by atoms with Crippen LogP contribution < -0.4 is 10.2 Å². The second-order valence-electron chi connectivity index (χ2n) is 3.60. The maximum Gasteiger partial charge on any atom is 0.244 e. The highest BCUT2D eigenvalue weighted by molar-refractivity contribution is 14.1. The summed E-state index contributed by atoms with van der Waals surface area (Å²) < 4.78 is 1.19. The first kappa shape index (κ1) is 10.9. The molecule has 0 aliphatic carbocycles. The van der Waals surface area contributed by atoms with Crippen molar-refractivity contribution in [3.63, 3.8) is 0 Å². The molecule has 0 spiro atoms. The maximum atomic E-state index is 11.9. The molecular formula is C11H13IN2O. The van der Waals surface area contributed by atoms with Crippen molar-refractivity contribution in [3.05, 3.63) is 27.8 Å². The van der Waals surface area contributed by atoms with Crippen LogP contribution in [-0.2, 0) is 4.79 Å². The number of nitrogens with one attached hydrogen (secondary N) is 1. The Morgan fingerprint density at radius 2 is 2.07 bits per heavy atom. The second-order valence-corrected chi connectivity index (χ2v) is 4.84. The van der Waals surface area contributed by atoms with E-state index in [-0.39, 0.29) is 11.9 Å². The smallest absolute Gasteiger partial charge is 0.244 e. The highest BCUT2D eigenvalue weighted by atomic mass is 127. The van der Waals surface area contributed by atoms with Crippen molar-refractivity contribution in [1.82, 2.24) is 5.32 Å². The van der Waals surface area contributed by atoms with E-state index in [4.69, 9.17) is 0 Å². The number of rotatable bonds is 2. The van der Waals surface area contributed by atoms with E-state index in [0.717, 1.165) is 18.7 Å². The van der Waals surface area contributed by atoms with E-state index >= 15 is 0 Å². The van der Waals surface area contributed by atoms with E-state index in [1.807, 2.05) is 36.2 Å². The van der Waals surface area contributed by atoms with Crippen LogP contribution in [0.15, 0.2) is 24.3 Å². The predicted octanol–water partition coefficient (Wildman–Crippen LogP) is 1.62. The van der Waals surface area contributed by atoms with E-state index in [0.29, 0.717) is 0 Å². The van der Waals surface area contributed by atoms with Crippen molar-refractivity contribution in [2.75, 3.05) is 18.5 Å². The first-order valence-corrected chi connectivity index (χ1v) is 6.04. The van der Waals surface area contributed by atoms with Crippen molar-refractivity contribution < 1.29 is 4.79 Å². The number of hydrogen-bond acceptors (Lipinski definition) is 2. The normalized spacial score (nSPS) is 21.1. The molecule has 1 aliphatic rings. The molecule has 3 nitrogen and oxygen atoms in total. The molecule has 1 fully saturated rings. The molecule has 1 saturated heterocycles. The summed E-state index contributed by atoms with van der Waals surface area (Å²) in [6.07, 6.45) is 0.890. The highest BCUT2D eigenvalue weighted by Gasteiger charge is 2.30. The van der Waals surface area contributed by atoms with Crippen molar-refractivity contribution >= 4 is 34.2 Å². The zero-order valence-corrected chi connectivity index (χ0v) is 10.7. The average molecular weight is 316 g/mol. The van der Waals surface area contributed by atoms with Gasteiger partial charge in [0.05, 0.1) is 6.04 Å². The van der Waals surface area contributed by atoms with Gasteiger partial charge in [-0.05, 0) is 60.3 Å². The number of benzene rings is 1. The Labute approximate surface area is 103 Å². The van der Waals surface area contributed by atoms with Gasteiger partial charge in [-0.1, -0.05) is 0 Å². The Bertz CT molecular complexity index is 363. The maximum absolute atomic E-state index is 11.9. The van der Waals surface area contributed by atoms with E-state index < -0.39 is 0 Å². The lowest BCUT2D eigenvalue weighted by Gasteiger charge is -2.16. The minimum atomic E-state index is -0.00993. The Balaban J connectivity index is 2.19. The Morgan fingerprint density at radius 1 is 1.40 bits per heavy atom. The molecule has 1 aromatic rings. The topological polar surface area (TPSA) is 32.3 Å². The van der Waals surface area contributed by atoms with Crippen LogP contribution in [0.2, 0.25) is 0 Å².